The van der Waals surface area contributed by atoms with Gasteiger partial charge in [0.05, 0.1) is 6.61 Å². The van der Waals surface area contributed by atoms with Crippen LogP contribution >= 0.6 is 15.9 Å². The van der Waals surface area contributed by atoms with Crippen LogP contribution in [-0.4, -0.2) is 6.61 Å². The van der Waals surface area contributed by atoms with E-state index in [1.807, 2.05) is 37.3 Å². The lowest BCUT2D eigenvalue weighted by Crippen LogP contribution is -2.07. The Labute approximate surface area is 128 Å². The van der Waals surface area contributed by atoms with E-state index in [2.05, 4.69) is 40.3 Å². The lowest BCUT2D eigenvalue weighted by atomic mass is 10.1. The summed E-state index contributed by atoms with van der Waals surface area (Å²) < 4.78 is 6.58. The average Bonchev–Trinajstić information content (AvgIpc) is 2.39. The monoisotopic (exact) mass is 334 g/mol. The average molecular weight is 335 g/mol. The predicted octanol–water partition coefficient (Wildman–Crippen LogP) is 4.60. The first kappa shape index (κ1) is 14.7. The number of halogens is 1. The summed E-state index contributed by atoms with van der Waals surface area (Å²) >= 11 is 3.44. The van der Waals surface area contributed by atoms with E-state index in [0.717, 1.165) is 15.9 Å². The summed E-state index contributed by atoms with van der Waals surface area (Å²) in [6.45, 7) is 4.71. The molecular weight excluding hydrogens is 316 g/mol. The van der Waals surface area contributed by atoms with Gasteiger partial charge in [-0.25, -0.2) is 0 Å². The summed E-state index contributed by atoms with van der Waals surface area (Å²) in [5.74, 6) is 0.790. The van der Waals surface area contributed by atoms with Gasteiger partial charge < -0.3 is 15.8 Å². The van der Waals surface area contributed by atoms with Crippen LogP contribution in [0.15, 0.2) is 46.9 Å². The third-order valence-electron chi connectivity index (χ3n) is 2.99. The van der Waals surface area contributed by atoms with Crippen molar-refractivity contribution in [1.82, 2.24) is 0 Å². The van der Waals surface area contributed by atoms with Crippen molar-refractivity contribution in [3.8, 4) is 5.75 Å². The molecule has 0 aliphatic rings. The van der Waals surface area contributed by atoms with Gasteiger partial charge in [-0.2, -0.15) is 0 Å². The molecule has 4 heteroatoms. The molecule has 0 heterocycles. The molecule has 3 N–H and O–H groups in total. The normalized spacial score (nSPS) is 11.9. The Balaban J connectivity index is 2.14. The van der Waals surface area contributed by atoms with Crippen molar-refractivity contribution in [2.24, 2.45) is 0 Å². The van der Waals surface area contributed by atoms with Crippen molar-refractivity contribution < 1.29 is 4.74 Å². The molecule has 0 amide bonds. The van der Waals surface area contributed by atoms with Crippen LogP contribution in [0.4, 0.5) is 11.4 Å². The summed E-state index contributed by atoms with van der Waals surface area (Å²) in [5.41, 5.74) is 8.77. The maximum Gasteiger partial charge on any atom is 0.123 e. The second-order valence-electron chi connectivity index (χ2n) is 4.64. The van der Waals surface area contributed by atoms with Gasteiger partial charge in [0.25, 0.3) is 0 Å². The Bertz CT molecular complexity index is 569. The number of ether oxygens (including phenoxy) is 1. The highest BCUT2D eigenvalue weighted by molar-refractivity contribution is 9.10. The standard InChI is InChI=1S/C16H19BrN2O/c1-3-20-16-9-14(18)8-15(10-16)19-11(2)12-4-6-13(17)7-5-12/h4-11,19H,3,18H2,1-2H3. The largest absolute Gasteiger partial charge is 0.494 e. The van der Waals surface area contributed by atoms with Gasteiger partial charge in [-0.05, 0) is 37.6 Å². The number of nitrogen functional groups attached to an aromatic ring is 1. The minimum atomic E-state index is 0.194. The van der Waals surface area contributed by atoms with E-state index in [4.69, 9.17) is 10.5 Å². The molecule has 0 aromatic heterocycles. The second kappa shape index (κ2) is 6.66. The minimum Gasteiger partial charge on any atom is -0.494 e. The zero-order chi connectivity index (χ0) is 14.5. The Hall–Kier alpha value is -1.68. The van der Waals surface area contributed by atoms with Gasteiger partial charge in [-0.15, -0.1) is 0 Å². The SMILES string of the molecule is CCOc1cc(N)cc(NC(C)c2ccc(Br)cc2)c1. The number of benzene rings is 2. The topological polar surface area (TPSA) is 47.3 Å². The summed E-state index contributed by atoms with van der Waals surface area (Å²) in [6.07, 6.45) is 0. The minimum absolute atomic E-state index is 0.194. The van der Waals surface area contributed by atoms with Crippen LogP contribution in [-0.2, 0) is 0 Å². The molecule has 0 bridgehead atoms. The molecule has 2 aromatic carbocycles. The van der Waals surface area contributed by atoms with Gasteiger partial charge in [0.15, 0.2) is 0 Å². The lowest BCUT2D eigenvalue weighted by Gasteiger charge is -2.17. The van der Waals surface area contributed by atoms with Crippen molar-refractivity contribution >= 4 is 27.3 Å². The molecule has 2 rings (SSSR count). The molecule has 0 aliphatic heterocycles. The fourth-order valence-electron chi connectivity index (χ4n) is 2.04. The first-order valence-corrected chi connectivity index (χ1v) is 7.43. The smallest absolute Gasteiger partial charge is 0.123 e. The first-order valence-electron chi connectivity index (χ1n) is 6.64. The van der Waals surface area contributed by atoms with E-state index < -0.39 is 0 Å². The maximum atomic E-state index is 5.90. The van der Waals surface area contributed by atoms with Crippen molar-refractivity contribution in [2.75, 3.05) is 17.7 Å². The van der Waals surface area contributed by atoms with Gasteiger partial charge in [0.1, 0.15) is 5.75 Å². The number of hydrogen-bond donors (Lipinski definition) is 2. The van der Waals surface area contributed by atoms with E-state index in [9.17, 15) is 0 Å². The molecule has 20 heavy (non-hydrogen) atoms. The number of anilines is 2. The van der Waals surface area contributed by atoms with Crippen LogP contribution in [0.5, 0.6) is 5.75 Å². The quantitative estimate of drug-likeness (QED) is 0.785. The summed E-state index contributed by atoms with van der Waals surface area (Å²) in [6, 6.07) is 14.2. The van der Waals surface area contributed by atoms with Crippen LogP contribution in [0.2, 0.25) is 0 Å². The summed E-state index contributed by atoms with van der Waals surface area (Å²) in [4.78, 5) is 0. The number of hydrogen-bond acceptors (Lipinski definition) is 3. The van der Waals surface area contributed by atoms with Crippen molar-refractivity contribution in [3.63, 3.8) is 0 Å². The number of nitrogens with two attached hydrogens (primary N) is 1. The lowest BCUT2D eigenvalue weighted by molar-refractivity contribution is 0.340. The third-order valence-corrected chi connectivity index (χ3v) is 3.52. The van der Waals surface area contributed by atoms with Crippen LogP contribution in [0.3, 0.4) is 0 Å². The van der Waals surface area contributed by atoms with Gasteiger partial charge in [0.2, 0.25) is 0 Å². The highest BCUT2D eigenvalue weighted by atomic mass is 79.9. The van der Waals surface area contributed by atoms with Crippen molar-refractivity contribution in [2.45, 2.75) is 19.9 Å². The van der Waals surface area contributed by atoms with Gasteiger partial charge in [-0.1, -0.05) is 28.1 Å². The van der Waals surface area contributed by atoms with Gasteiger partial charge in [-0.3, -0.25) is 0 Å². The van der Waals surface area contributed by atoms with Crippen LogP contribution in [0, 0.1) is 0 Å². The summed E-state index contributed by atoms with van der Waals surface area (Å²) in [5, 5.41) is 3.44. The second-order valence-corrected chi connectivity index (χ2v) is 5.56. The summed E-state index contributed by atoms with van der Waals surface area (Å²) in [7, 11) is 0. The van der Waals surface area contributed by atoms with Crippen LogP contribution in [0.1, 0.15) is 25.5 Å². The number of nitrogens with one attached hydrogen (secondary N) is 1. The number of rotatable bonds is 5. The van der Waals surface area contributed by atoms with Gasteiger partial charge in [0, 0.05) is 34.0 Å². The van der Waals surface area contributed by atoms with E-state index in [1.54, 1.807) is 0 Å². The molecule has 0 saturated heterocycles. The zero-order valence-electron chi connectivity index (χ0n) is 11.7. The Morgan fingerprint density at radius 1 is 1.20 bits per heavy atom. The highest BCUT2D eigenvalue weighted by Gasteiger charge is 2.07. The molecule has 3 nitrogen and oxygen atoms in total. The van der Waals surface area contributed by atoms with Crippen LogP contribution < -0.4 is 15.8 Å². The fourth-order valence-corrected chi connectivity index (χ4v) is 2.30. The Kier molecular flexibility index (Phi) is 4.90. The van der Waals surface area contributed by atoms with E-state index in [1.165, 1.54) is 5.56 Å². The molecule has 106 valence electrons. The highest BCUT2D eigenvalue weighted by Crippen LogP contribution is 2.26. The molecule has 2 aromatic rings. The molecule has 1 atom stereocenters. The Morgan fingerprint density at radius 3 is 2.55 bits per heavy atom. The predicted molar refractivity (Wildman–Crippen MR) is 88.2 cm³/mol. The molecule has 0 saturated carbocycles. The molecule has 0 radical (unpaired) electrons. The van der Waals surface area contributed by atoms with Crippen LogP contribution in [0.25, 0.3) is 0 Å². The van der Waals surface area contributed by atoms with Gasteiger partial charge >= 0.3 is 0 Å². The maximum absolute atomic E-state index is 5.90. The first-order chi connectivity index (χ1) is 9.58. The van der Waals surface area contributed by atoms with Crippen molar-refractivity contribution in [1.29, 1.82) is 0 Å². The van der Waals surface area contributed by atoms with E-state index >= 15 is 0 Å². The molecular formula is C16H19BrN2O. The molecule has 0 fully saturated rings. The Morgan fingerprint density at radius 2 is 1.90 bits per heavy atom. The fraction of sp³-hybridized carbons (Fsp3) is 0.250. The van der Waals surface area contributed by atoms with E-state index in [0.29, 0.717) is 12.3 Å². The van der Waals surface area contributed by atoms with E-state index in [-0.39, 0.29) is 6.04 Å². The molecule has 1 unspecified atom stereocenters. The molecule has 0 aliphatic carbocycles. The third kappa shape index (κ3) is 3.90. The molecule has 0 spiro atoms. The zero-order valence-corrected chi connectivity index (χ0v) is 13.3. The van der Waals surface area contributed by atoms with Crippen molar-refractivity contribution in [3.05, 3.63) is 52.5 Å².